The van der Waals surface area contributed by atoms with Crippen molar-refractivity contribution in [3.63, 3.8) is 0 Å². The standard InChI is InChI=1S/C18H27N5O3/c1-18(2,3)15(19)9-14(20-4)17(25)23-7-5-6-22-10-12(16(24)21-26)8-13(22)11-23/h8-10,19-20,26H,5-7,11H2,1-4H3,(H,21,24)/p+1/b14-9-,19-15?. The summed E-state index contributed by atoms with van der Waals surface area (Å²) in [6, 6.07) is 1.69. The Labute approximate surface area is 153 Å². The average molecular weight is 362 g/mol. The molecule has 0 saturated carbocycles. The summed E-state index contributed by atoms with van der Waals surface area (Å²) in [5.41, 5.74) is 3.42. The topological polar surface area (TPSA) is 115 Å². The van der Waals surface area contributed by atoms with E-state index in [0.29, 0.717) is 36.6 Å². The molecule has 1 aliphatic heterocycles. The summed E-state index contributed by atoms with van der Waals surface area (Å²) in [6.45, 7) is 7.51. The molecule has 0 spiro atoms. The molecule has 1 aromatic heterocycles. The quantitative estimate of drug-likeness (QED) is 0.270. The Kier molecular flexibility index (Phi) is 5.99. The number of fused-ring (bicyclic) bond motifs is 1. The Bertz CT molecular complexity index is 742. The van der Waals surface area contributed by atoms with Crippen molar-refractivity contribution in [3.8, 4) is 0 Å². The van der Waals surface area contributed by atoms with Crippen LogP contribution in [0.4, 0.5) is 0 Å². The molecule has 2 heterocycles. The highest BCUT2D eigenvalue weighted by Crippen LogP contribution is 2.19. The van der Waals surface area contributed by atoms with Gasteiger partial charge in [-0.25, -0.2) is 5.48 Å². The molecule has 0 saturated heterocycles. The van der Waals surface area contributed by atoms with E-state index in [4.69, 9.17) is 10.6 Å². The van der Waals surface area contributed by atoms with Crippen LogP contribution in [0.3, 0.4) is 0 Å². The van der Waals surface area contributed by atoms with Crippen molar-refractivity contribution in [3.05, 3.63) is 35.3 Å². The molecule has 5 N–H and O–H groups in total. The fourth-order valence-corrected chi connectivity index (χ4v) is 2.79. The monoisotopic (exact) mass is 362 g/mol. The normalized spacial score (nSPS) is 15.3. The van der Waals surface area contributed by atoms with Crippen molar-refractivity contribution >= 4 is 17.5 Å². The molecule has 0 radical (unpaired) electrons. The number of rotatable bonds is 4. The fraction of sp³-hybridized carbons (Fsp3) is 0.500. The number of aromatic nitrogens is 1. The average Bonchev–Trinajstić information content (AvgIpc) is 2.88. The number of nitrogens with zero attached hydrogens (tertiary/aromatic N) is 2. The predicted molar refractivity (Wildman–Crippen MR) is 96.8 cm³/mol. The number of carbonyl (C=O) groups excluding carboxylic acids is 2. The lowest BCUT2D eigenvalue weighted by Gasteiger charge is -2.21. The van der Waals surface area contributed by atoms with Gasteiger partial charge in [0.25, 0.3) is 5.91 Å². The number of allylic oxidation sites excluding steroid dienone is 1. The number of aryl methyl sites for hydroxylation is 1. The number of quaternary nitrogens is 1. The first-order valence-corrected chi connectivity index (χ1v) is 8.70. The number of likely N-dealkylation sites (N-methyl/N-ethyl adjacent to an activating group) is 1. The van der Waals surface area contributed by atoms with Crippen LogP contribution in [0, 0.1) is 10.8 Å². The number of amides is 2. The van der Waals surface area contributed by atoms with Crippen LogP contribution in [0.25, 0.3) is 0 Å². The van der Waals surface area contributed by atoms with Crippen LogP contribution in [0.15, 0.2) is 24.0 Å². The third-order valence-electron chi connectivity index (χ3n) is 4.48. The van der Waals surface area contributed by atoms with E-state index in [1.54, 1.807) is 41.1 Å². The summed E-state index contributed by atoms with van der Waals surface area (Å²) >= 11 is 0. The first-order chi connectivity index (χ1) is 12.2. The maximum Gasteiger partial charge on any atom is 0.308 e. The molecule has 26 heavy (non-hydrogen) atoms. The van der Waals surface area contributed by atoms with Crippen LogP contribution in [-0.2, 0) is 17.9 Å². The van der Waals surface area contributed by atoms with Gasteiger partial charge in [-0.1, -0.05) is 20.8 Å². The minimum atomic E-state index is -0.565. The number of hydrogen-bond acceptors (Lipinski definition) is 4. The lowest BCUT2D eigenvalue weighted by Crippen LogP contribution is -2.80. The molecule has 0 atom stereocenters. The van der Waals surface area contributed by atoms with Gasteiger partial charge in [-0.05, 0) is 12.5 Å². The molecule has 0 aliphatic carbocycles. The highest BCUT2D eigenvalue weighted by atomic mass is 16.5. The van der Waals surface area contributed by atoms with Gasteiger partial charge in [0.05, 0.1) is 19.2 Å². The Balaban J connectivity index is 2.23. The fourth-order valence-electron chi connectivity index (χ4n) is 2.79. The van der Waals surface area contributed by atoms with E-state index in [1.807, 2.05) is 25.3 Å². The molecule has 0 unspecified atom stereocenters. The van der Waals surface area contributed by atoms with Crippen molar-refractivity contribution in [1.29, 1.82) is 5.41 Å². The minimum Gasteiger partial charge on any atom is -0.349 e. The zero-order valence-corrected chi connectivity index (χ0v) is 15.8. The van der Waals surface area contributed by atoms with Crippen molar-refractivity contribution in [2.24, 2.45) is 5.41 Å². The van der Waals surface area contributed by atoms with Crippen molar-refractivity contribution in [1.82, 2.24) is 14.9 Å². The summed E-state index contributed by atoms with van der Waals surface area (Å²) < 4.78 is 1.94. The number of nitrogens with two attached hydrogens (primary N) is 1. The highest BCUT2D eigenvalue weighted by Gasteiger charge is 2.26. The van der Waals surface area contributed by atoms with E-state index < -0.39 is 5.91 Å². The number of hydrogen-bond donors (Lipinski definition) is 4. The molecule has 2 rings (SSSR count). The van der Waals surface area contributed by atoms with Crippen molar-refractivity contribution < 1.29 is 20.1 Å². The maximum atomic E-state index is 13.0. The molecular formula is C18H28N5O3+. The van der Waals surface area contributed by atoms with Gasteiger partial charge in [-0.15, -0.1) is 0 Å². The van der Waals surface area contributed by atoms with E-state index in [2.05, 4.69) is 0 Å². The molecule has 1 aliphatic rings. The highest BCUT2D eigenvalue weighted by molar-refractivity contribution is 6.03. The molecule has 0 fully saturated rings. The second-order valence-corrected chi connectivity index (χ2v) is 7.49. The van der Waals surface area contributed by atoms with Crippen molar-refractivity contribution in [2.45, 2.75) is 40.3 Å². The molecular weight excluding hydrogens is 334 g/mol. The SMILES string of the molecule is C[NH2+]/C(=C\C(=N)C(C)(C)C)C(=O)N1CCCn2cc(C(=O)NO)cc2C1. The molecule has 142 valence electrons. The van der Waals surface area contributed by atoms with E-state index in [-0.39, 0.29) is 11.3 Å². The van der Waals surface area contributed by atoms with Gasteiger partial charge in [0, 0.05) is 42.2 Å². The van der Waals surface area contributed by atoms with E-state index in [0.717, 1.165) is 12.1 Å². The van der Waals surface area contributed by atoms with Crippen LogP contribution in [0.1, 0.15) is 43.2 Å². The summed E-state index contributed by atoms with van der Waals surface area (Å²) in [7, 11) is 1.80. The third kappa shape index (κ3) is 4.39. The molecule has 8 heteroatoms. The summed E-state index contributed by atoms with van der Waals surface area (Å²) in [5.74, 6) is -0.686. The van der Waals surface area contributed by atoms with Gasteiger partial charge in [-0.3, -0.25) is 14.8 Å². The van der Waals surface area contributed by atoms with E-state index >= 15 is 0 Å². The lowest BCUT2D eigenvalue weighted by atomic mass is 9.89. The summed E-state index contributed by atoms with van der Waals surface area (Å²) in [4.78, 5) is 26.3. The first-order valence-electron chi connectivity index (χ1n) is 8.70. The van der Waals surface area contributed by atoms with Crippen LogP contribution in [0.2, 0.25) is 0 Å². The summed E-state index contributed by atoms with van der Waals surface area (Å²) in [6.07, 6.45) is 4.09. The van der Waals surface area contributed by atoms with E-state index in [9.17, 15) is 9.59 Å². The largest absolute Gasteiger partial charge is 0.349 e. The Hall–Kier alpha value is -2.45. The number of hydroxylamine groups is 1. The van der Waals surface area contributed by atoms with Crippen LogP contribution < -0.4 is 10.8 Å². The number of carbonyl (C=O) groups is 2. The molecule has 0 aromatic carbocycles. The maximum absolute atomic E-state index is 13.0. The van der Waals surface area contributed by atoms with E-state index in [1.165, 1.54) is 0 Å². The minimum absolute atomic E-state index is 0.121. The Morgan fingerprint density at radius 3 is 2.62 bits per heavy atom. The smallest absolute Gasteiger partial charge is 0.308 e. The van der Waals surface area contributed by atoms with Crippen LogP contribution in [-0.4, -0.2) is 45.8 Å². The van der Waals surface area contributed by atoms with Crippen LogP contribution >= 0.6 is 0 Å². The molecule has 8 nitrogen and oxygen atoms in total. The first kappa shape index (κ1) is 19.9. The van der Waals surface area contributed by atoms with Gasteiger partial charge in [0.15, 0.2) is 5.70 Å². The van der Waals surface area contributed by atoms with Crippen LogP contribution in [0.5, 0.6) is 0 Å². The van der Waals surface area contributed by atoms with Gasteiger partial charge < -0.3 is 20.2 Å². The van der Waals surface area contributed by atoms with Gasteiger partial charge in [-0.2, -0.15) is 0 Å². The van der Waals surface area contributed by atoms with Gasteiger partial charge in [0.2, 0.25) is 0 Å². The second kappa shape index (κ2) is 7.84. The molecule has 2 amide bonds. The summed E-state index contributed by atoms with van der Waals surface area (Å²) in [5, 5.41) is 18.7. The van der Waals surface area contributed by atoms with Crippen molar-refractivity contribution in [2.75, 3.05) is 13.6 Å². The van der Waals surface area contributed by atoms with Gasteiger partial charge in [0.1, 0.15) is 0 Å². The third-order valence-corrected chi connectivity index (χ3v) is 4.48. The molecule has 0 bridgehead atoms. The van der Waals surface area contributed by atoms with Gasteiger partial charge >= 0.3 is 5.91 Å². The zero-order chi connectivity index (χ0) is 19.5. The lowest BCUT2D eigenvalue weighted by molar-refractivity contribution is -0.570. The predicted octanol–water partition coefficient (Wildman–Crippen LogP) is 0.482. The Morgan fingerprint density at radius 1 is 1.35 bits per heavy atom. The molecule has 1 aromatic rings. The zero-order valence-electron chi connectivity index (χ0n) is 15.8. The number of nitrogens with one attached hydrogen (secondary N) is 2. The second-order valence-electron chi connectivity index (χ2n) is 7.49. The Morgan fingerprint density at radius 2 is 2.04 bits per heavy atom.